The Morgan fingerprint density at radius 3 is 2.66 bits per heavy atom. The molecule has 200 valence electrons. The van der Waals surface area contributed by atoms with E-state index in [9.17, 15) is 9.59 Å². The average molecular weight is 535 g/mol. The lowest BCUT2D eigenvalue weighted by Crippen LogP contribution is -2.44. The fraction of sp³-hybridized carbons (Fsp3) is 0.400. The van der Waals surface area contributed by atoms with Crippen LogP contribution in [0.3, 0.4) is 0 Å². The number of amides is 1. The van der Waals surface area contributed by atoms with Crippen molar-refractivity contribution in [3.05, 3.63) is 86.7 Å². The van der Waals surface area contributed by atoms with Gasteiger partial charge in [0.1, 0.15) is 0 Å². The van der Waals surface area contributed by atoms with Crippen molar-refractivity contribution < 1.29 is 9.53 Å². The Morgan fingerprint density at radius 1 is 1.11 bits per heavy atom. The number of fused-ring (bicyclic) bond motifs is 2. The van der Waals surface area contributed by atoms with Gasteiger partial charge in [-0.25, -0.2) is 0 Å². The predicted octanol–water partition coefficient (Wildman–Crippen LogP) is 3.90. The van der Waals surface area contributed by atoms with Crippen LogP contribution >= 0.6 is 11.6 Å². The number of aromatic nitrogens is 1. The van der Waals surface area contributed by atoms with Crippen molar-refractivity contribution in [2.45, 2.75) is 44.9 Å². The molecule has 1 saturated heterocycles. The molecule has 3 aromatic rings. The lowest BCUT2D eigenvalue weighted by Gasteiger charge is -2.33. The number of hydrogen-bond donors (Lipinski definition) is 2. The minimum Gasteiger partial charge on any atom is -0.380 e. The molecule has 0 atom stereocenters. The molecule has 1 aromatic heterocycles. The smallest absolute Gasteiger partial charge is 0.251 e. The van der Waals surface area contributed by atoms with Gasteiger partial charge in [-0.05, 0) is 67.1 Å². The fourth-order valence-electron chi connectivity index (χ4n) is 5.69. The average Bonchev–Trinajstić information content (AvgIpc) is 2.92. The van der Waals surface area contributed by atoms with E-state index in [0.717, 1.165) is 68.0 Å². The summed E-state index contributed by atoms with van der Waals surface area (Å²) in [6.45, 7) is 4.50. The molecule has 8 heteroatoms. The number of primary amides is 1. The molecule has 3 N–H and O–H groups in total. The van der Waals surface area contributed by atoms with E-state index in [4.69, 9.17) is 22.1 Å². The second kappa shape index (κ2) is 11.8. The number of hydrogen-bond acceptors (Lipinski definition) is 5. The van der Waals surface area contributed by atoms with Gasteiger partial charge in [-0.15, -0.1) is 0 Å². The van der Waals surface area contributed by atoms with Gasteiger partial charge < -0.3 is 25.3 Å². The zero-order valence-corrected chi connectivity index (χ0v) is 22.6. The van der Waals surface area contributed by atoms with E-state index >= 15 is 0 Å². The number of carbonyl (C=O) groups is 1. The largest absolute Gasteiger partial charge is 0.380 e. The first-order valence-corrected chi connectivity index (χ1v) is 13.7. The second-order valence-corrected chi connectivity index (χ2v) is 10.6. The molecule has 0 bridgehead atoms. The first-order chi connectivity index (χ1) is 18.4. The van der Waals surface area contributed by atoms with Gasteiger partial charge in [0.25, 0.3) is 5.56 Å². The molecule has 2 aliphatic rings. The number of halogens is 1. The molecule has 1 aliphatic carbocycles. The number of rotatable bonds is 9. The molecule has 0 spiro atoms. The van der Waals surface area contributed by atoms with Crippen molar-refractivity contribution in [1.29, 1.82) is 0 Å². The maximum Gasteiger partial charge on any atom is 0.251 e. The number of piperidine rings is 1. The first kappa shape index (κ1) is 26.6. The molecule has 2 aromatic carbocycles. The molecular formula is C30H35ClN4O3. The van der Waals surface area contributed by atoms with E-state index in [1.807, 2.05) is 18.2 Å². The summed E-state index contributed by atoms with van der Waals surface area (Å²) in [5.41, 5.74) is 11.1. The van der Waals surface area contributed by atoms with E-state index in [-0.39, 0.29) is 11.1 Å². The van der Waals surface area contributed by atoms with Crippen LogP contribution in [-0.2, 0) is 24.3 Å². The molecule has 1 fully saturated rings. The van der Waals surface area contributed by atoms with Crippen LogP contribution in [-0.4, -0.2) is 54.7 Å². The Morgan fingerprint density at radius 2 is 1.89 bits per heavy atom. The molecule has 7 nitrogen and oxygen atoms in total. The normalized spacial score (nSPS) is 16.7. The minimum atomic E-state index is -0.595. The van der Waals surface area contributed by atoms with Gasteiger partial charge in [0.2, 0.25) is 5.91 Å². The van der Waals surface area contributed by atoms with Crippen LogP contribution in [0.5, 0.6) is 0 Å². The van der Waals surface area contributed by atoms with E-state index in [2.05, 4.69) is 34.5 Å². The number of benzene rings is 2. The Bertz CT molecular complexity index is 1420. The van der Waals surface area contributed by atoms with Crippen LogP contribution in [0.2, 0.25) is 0 Å². The number of pyridine rings is 1. The van der Waals surface area contributed by atoms with Crippen molar-refractivity contribution >= 4 is 33.4 Å². The quantitative estimate of drug-likeness (QED) is 0.434. The van der Waals surface area contributed by atoms with Crippen molar-refractivity contribution in [1.82, 2.24) is 14.8 Å². The monoisotopic (exact) mass is 534 g/mol. The Hall–Kier alpha value is -2.97. The van der Waals surface area contributed by atoms with Crippen LogP contribution in [0.1, 0.15) is 46.3 Å². The Balaban J connectivity index is 1.20. The van der Waals surface area contributed by atoms with Crippen LogP contribution in [0, 0.1) is 0 Å². The SMILES string of the molecule is COCc1ccc2c(C(N)=O)cc(=O)n(CCN3CCC(NCC4=C(Cl)c5ccccc5CC4)CC3)c2c1. The number of methoxy groups -OCH3 is 1. The van der Waals surface area contributed by atoms with Crippen molar-refractivity contribution in [3.8, 4) is 0 Å². The predicted molar refractivity (Wildman–Crippen MR) is 152 cm³/mol. The van der Waals surface area contributed by atoms with Crippen LogP contribution in [0.25, 0.3) is 15.9 Å². The van der Waals surface area contributed by atoms with Crippen molar-refractivity contribution in [3.63, 3.8) is 0 Å². The number of likely N-dealkylation sites (tertiary alicyclic amines) is 1. The second-order valence-electron chi connectivity index (χ2n) is 10.3. The summed E-state index contributed by atoms with van der Waals surface area (Å²) < 4.78 is 7.02. The van der Waals surface area contributed by atoms with E-state index in [1.165, 1.54) is 22.8 Å². The van der Waals surface area contributed by atoms with E-state index < -0.39 is 5.91 Å². The summed E-state index contributed by atoms with van der Waals surface area (Å²) in [4.78, 5) is 27.4. The third kappa shape index (κ3) is 5.71. The van der Waals surface area contributed by atoms with Gasteiger partial charge >= 0.3 is 0 Å². The van der Waals surface area contributed by atoms with Crippen LogP contribution < -0.4 is 16.6 Å². The van der Waals surface area contributed by atoms with E-state index in [1.54, 1.807) is 11.7 Å². The maximum absolute atomic E-state index is 13.0. The highest BCUT2D eigenvalue weighted by molar-refractivity contribution is 6.49. The standard InChI is InChI=1S/C30H35ClN4O3/c1-38-19-20-6-9-25-26(30(32)37)17-28(36)35(27(25)16-20)15-14-34-12-10-23(11-13-34)33-18-22-8-7-21-4-2-3-5-24(21)29(22)31/h2-6,9,16-17,23,33H,7-8,10-15,18-19H2,1H3,(H2,32,37). The van der Waals surface area contributed by atoms with Gasteiger partial charge in [-0.1, -0.05) is 48.0 Å². The maximum atomic E-state index is 13.0. The number of nitrogens with zero attached hydrogens (tertiary/aromatic N) is 2. The summed E-state index contributed by atoms with van der Waals surface area (Å²) in [5.74, 6) is -0.595. The van der Waals surface area contributed by atoms with Crippen molar-refractivity contribution in [2.24, 2.45) is 5.73 Å². The van der Waals surface area contributed by atoms with Gasteiger partial charge in [-0.3, -0.25) is 9.59 Å². The minimum absolute atomic E-state index is 0.211. The van der Waals surface area contributed by atoms with Gasteiger partial charge in [0.15, 0.2) is 0 Å². The number of ether oxygens (including phenoxy) is 1. The van der Waals surface area contributed by atoms with Gasteiger partial charge in [0.05, 0.1) is 17.7 Å². The topological polar surface area (TPSA) is 89.6 Å². The molecular weight excluding hydrogens is 500 g/mol. The fourth-order valence-corrected chi connectivity index (χ4v) is 6.04. The summed E-state index contributed by atoms with van der Waals surface area (Å²) in [6.07, 6.45) is 4.15. The highest BCUT2D eigenvalue weighted by Gasteiger charge is 2.22. The number of aryl methyl sites for hydroxylation is 1. The lowest BCUT2D eigenvalue weighted by molar-refractivity contribution is 0.100. The van der Waals surface area contributed by atoms with Crippen LogP contribution in [0.4, 0.5) is 0 Å². The summed E-state index contributed by atoms with van der Waals surface area (Å²) in [6, 6.07) is 15.9. The molecule has 0 saturated carbocycles. The molecule has 2 heterocycles. The lowest BCUT2D eigenvalue weighted by atomic mass is 9.91. The number of nitrogens with one attached hydrogen (secondary N) is 1. The number of carbonyl (C=O) groups excluding carboxylic acids is 1. The third-order valence-electron chi connectivity index (χ3n) is 7.85. The molecule has 5 rings (SSSR count). The highest BCUT2D eigenvalue weighted by atomic mass is 35.5. The Kier molecular flexibility index (Phi) is 8.29. The summed E-state index contributed by atoms with van der Waals surface area (Å²) in [5, 5.41) is 5.34. The number of nitrogens with two attached hydrogens (primary N) is 1. The first-order valence-electron chi connectivity index (χ1n) is 13.3. The third-order valence-corrected chi connectivity index (χ3v) is 8.32. The summed E-state index contributed by atoms with van der Waals surface area (Å²) >= 11 is 6.73. The van der Waals surface area contributed by atoms with Crippen molar-refractivity contribution in [2.75, 3.05) is 33.3 Å². The molecule has 0 radical (unpaired) electrons. The van der Waals surface area contributed by atoms with Gasteiger partial charge in [0, 0.05) is 49.3 Å². The van der Waals surface area contributed by atoms with Crippen LogP contribution in [0.15, 0.2) is 58.9 Å². The molecule has 1 aliphatic heterocycles. The molecule has 1 amide bonds. The van der Waals surface area contributed by atoms with E-state index in [0.29, 0.717) is 24.6 Å². The zero-order valence-electron chi connectivity index (χ0n) is 21.8. The summed E-state index contributed by atoms with van der Waals surface area (Å²) in [7, 11) is 1.63. The Labute approximate surface area is 228 Å². The molecule has 0 unspecified atom stereocenters. The highest BCUT2D eigenvalue weighted by Crippen LogP contribution is 2.33. The molecule has 38 heavy (non-hydrogen) atoms. The zero-order chi connectivity index (χ0) is 26.6. The van der Waals surface area contributed by atoms with Gasteiger partial charge in [-0.2, -0.15) is 0 Å².